The zero-order valence-corrected chi connectivity index (χ0v) is 12.2. The highest BCUT2D eigenvalue weighted by atomic mass is 16.2. The number of hydrogen-bond acceptors (Lipinski definition) is 3. The van der Waals surface area contributed by atoms with Gasteiger partial charge in [-0.3, -0.25) is 4.79 Å². The zero-order valence-electron chi connectivity index (χ0n) is 12.2. The van der Waals surface area contributed by atoms with Crippen molar-refractivity contribution in [2.45, 2.75) is 51.5 Å². The predicted molar refractivity (Wildman–Crippen MR) is 77.8 cm³/mol. The quantitative estimate of drug-likeness (QED) is 0.808. The van der Waals surface area contributed by atoms with Crippen LogP contribution in [0.3, 0.4) is 0 Å². The van der Waals surface area contributed by atoms with Crippen molar-refractivity contribution in [3.05, 3.63) is 0 Å². The lowest BCUT2D eigenvalue weighted by molar-refractivity contribution is -0.128. The molecule has 3 unspecified atom stereocenters. The number of piperidine rings is 1. The van der Waals surface area contributed by atoms with Crippen molar-refractivity contribution in [1.29, 1.82) is 0 Å². The van der Waals surface area contributed by atoms with Crippen molar-refractivity contribution < 1.29 is 4.79 Å². The van der Waals surface area contributed by atoms with E-state index >= 15 is 0 Å². The molecule has 1 amide bonds. The topological polar surface area (TPSA) is 58.4 Å². The molecule has 3 atom stereocenters. The van der Waals surface area contributed by atoms with Gasteiger partial charge in [-0.05, 0) is 51.2 Å². The van der Waals surface area contributed by atoms with Crippen LogP contribution in [0.5, 0.6) is 0 Å². The van der Waals surface area contributed by atoms with E-state index in [0.717, 1.165) is 32.4 Å². The minimum absolute atomic E-state index is 0.163. The number of likely N-dealkylation sites (N-methyl/N-ethyl adjacent to an activating group) is 1. The first-order valence-electron chi connectivity index (χ1n) is 7.97. The first-order chi connectivity index (χ1) is 9.24. The largest absolute Gasteiger partial charge is 0.352 e. The second kappa shape index (κ2) is 7.25. The van der Waals surface area contributed by atoms with Gasteiger partial charge in [0.05, 0.1) is 0 Å². The summed E-state index contributed by atoms with van der Waals surface area (Å²) in [6.45, 7) is 6.13. The minimum atomic E-state index is 0.163. The SMILES string of the molecule is CCN1CCCC(NC(=O)C2CCCCC2CN)C1. The van der Waals surface area contributed by atoms with Crippen LogP contribution in [0.25, 0.3) is 0 Å². The molecule has 1 aliphatic carbocycles. The third-order valence-electron chi connectivity index (χ3n) is 4.85. The van der Waals surface area contributed by atoms with Crippen LogP contribution >= 0.6 is 0 Å². The molecule has 1 aliphatic heterocycles. The van der Waals surface area contributed by atoms with Crippen molar-refractivity contribution in [2.24, 2.45) is 17.6 Å². The Morgan fingerprint density at radius 1 is 1.26 bits per heavy atom. The number of carbonyl (C=O) groups excluding carboxylic acids is 1. The molecule has 0 bridgehead atoms. The number of nitrogens with zero attached hydrogens (tertiary/aromatic N) is 1. The van der Waals surface area contributed by atoms with Crippen molar-refractivity contribution in [1.82, 2.24) is 10.2 Å². The molecule has 3 N–H and O–H groups in total. The Balaban J connectivity index is 1.85. The molecule has 0 aromatic carbocycles. The number of nitrogens with one attached hydrogen (secondary N) is 1. The van der Waals surface area contributed by atoms with Gasteiger partial charge in [-0.1, -0.05) is 19.8 Å². The number of hydrogen-bond donors (Lipinski definition) is 2. The molecule has 110 valence electrons. The first kappa shape index (κ1) is 14.8. The number of nitrogens with two attached hydrogens (primary N) is 1. The standard InChI is InChI=1S/C15H29N3O/c1-2-18-9-5-7-13(11-18)17-15(19)14-8-4-3-6-12(14)10-16/h12-14H,2-11,16H2,1H3,(H,17,19). The fourth-order valence-electron chi connectivity index (χ4n) is 3.60. The molecule has 1 saturated heterocycles. The van der Waals surface area contributed by atoms with Gasteiger partial charge in [-0.25, -0.2) is 0 Å². The van der Waals surface area contributed by atoms with Crippen LogP contribution in [0.4, 0.5) is 0 Å². The monoisotopic (exact) mass is 267 g/mol. The van der Waals surface area contributed by atoms with Gasteiger partial charge in [-0.2, -0.15) is 0 Å². The van der Waals surface area contributed by atoms with Crippen LogP contribution in [-0.4, -0.2) is 43.0 Å². The second-order valence-electron chi connectivity index (χ2n) is 6.13. The maximum absolute atomic E-state index is 12.4. The average molecular weight is 267 g/mol. The van der Waals surface area contributed by atoms with Crippen LogP contribution < -0.4 is 11.1 Å². The maximum Gasteiger partial charge on any atom is 0.223 e. The molecule has 4 heteroatoms. The van der Waals surface area contributed by atoms with Crippen molar-refractivity contribution in [3.8, 4) is 0 Å². The smallest absolute Gasteiger partial charge is 0.223 e. The van der Waals surface area contributed by atoms with Crippen LogP contribution in [-0.2, 0) is 4.79 Å². The third-order valence-corrected chi connectivity index (χ3v) is 4.85. The lowest BCUT2D eigenvalue weighted by Gasteiger charge is -2.35. The molecule has 2 rings (SSSR count). The van der Waals surface area contributed by atoms with Gasteiger partial charge in [0.2, 0.25) is 5.91 Å². The fraction of sp³-hybridized carbons (Fsp3) is 0.933. The molecular weight excluding hydrogens is 238 g/mol. The fourth-order valence-corrected chi connectivity index (χ4v) is 3.60. The molecule has 0 aromatic heterocycles. The Morgan fingerprint density at radius 3 is 2.79 bits per heavy atom. The summed E-state index contributed by atoms with van der Waals surface area (Å²) >= 11 is 0. The van der Waals surface area contributed by atoms with Crippen LogP contribution in [0, 0.1) is 11.8 Å². The van der Waals surface area contributed by atoms with E-state index in [2.05, 4.69) is 17.1 Å². The summed E-state index contributed by atoms with van der Waals surface area (Å²) in [5.41, 5.74) is 5.82. The summed E-state index contributed by atoms with van der Waals surface area (Å²) in [6.07, 6.45) is 6.89. The van der Waals surface area contributed by atoms with E-state index in [0.29, 0.717) is 18.5 Å². The number of carbonyl (C=O) groups is 1. The van der Waals surface area contributed by atoms with Gasteiger partial charge in [0.1, 0.15) is 0 Å². The van der Waals surface area contributed by atoms with E-state index in [9.17, 15) is 4.79 Å². The molecule has 0 aromatic rings. The van der Waals surface area contributed by atoms with E-state index in [4.69, 9.17) is 5.73 Å². The number of amides is 1. The van der Waals surface area contributed by atoms with E-state index in [1.165, 1.54) is 25.8 Å². The molecule has 0 spiro atoms. The lowest BCUT2D eigenvalue weighted by atomic mass is 9.78. The van der Waals surface area contributed by atoms with E-state index in [1.54, 1.807) is 0 Å². The first-order valence-corrected chi connectivity index (χ1v) is 7.97. The lowest BCUT2D eigenvalue weighted by Crippen LogP contribution is -2.50. The van der Waals surface area contributed by atoms with Crippen LogP contribution in [0.1, 0.15) is 45.4 Å². The maximum atomic E-state index is 12.4. The van der Waals surface area contributed by atoms with E-state index < -0.39 is 0 Å². The molecular formula is C15H29N3O. The van der Waals surface area contributed by atoms with Crippen molar-refractivity contribution in [2.75, 3.05) is 26.2 Å². The molecule has 1 heterocycles. The Morgan fingerprint density at radius 2 is 2.05 bits per heavy atom. The van der Waals surface area contributed by atoms with Gasteiger partial charge >= 0.3 is 0 Å². The van der Waals surface area contributed by atoms with Crippen LogP contribution in [0.2, 0.25) is 0 Å². The van der Waals surface area contributed by atoms with Gasteiger partial charge in [0.15, 0.2) is 0 Å². The molecule has 1 saturated carbocycles. The molecule has 2 fully saturated rings. The van der Waals surface area contributed by atoms with Crippen molar-refractivity contribution in [3.63, 3.8) is 0 Å². The third kappa shape index (κ3) is 3.93. The summed E-state index contributed by atoms with van der Waals surface area (Å²) < 4.78 is 0. The predicted octanol–water partition coefficient (Wildman–Crippen LogP) is 1.35. The highest BCUT2D eigenvalue weighted by Gasteiger charge is 2.31. The Kier molecular flexibility index (Phi) is 5.64. The normalized spacial score (nSPS) is 33.1. The summed E-state index contributed by atoms with van der Waals surface area (Å²) in [6, 6.07) is 0.349. The van der Waals surface area contributed by atoms with E-state index in [-0.39, 0.29) is 11.8 Å². The summed E-state index contributed by atoms with van der Waals surface area (Å²) in [7, 11) is 0. The zero-order chi connectivity index (χ0) is 13.7. The highest BCUT2D eigenvalue weighted by Crippen LogP contribution is 2.29. The van der Waals surface area contributed by atoms with Gasteiger partial charge in [0, 0.05) is 18.5 Å². The number of likely N-dealkylation sites (tertiary alicyclic amines) is 1. The Labute approximate surface area is 117 Å². The summed E-state index contributed by atoms with van der Waals surface area (Å²) in [5.74, 6) is 0.827. The Hall–Kier alpha value is -0.610. The van der Waals surface area contributed by atoms with Gasteiger partial charge < -0.3 is 16.0 Å². The van der Waals surface area contributed by atoms with Crippen LogP contribution in [0.15, 0.2) is 0 Å². The Bertz CT molecular complexity index is 295. The number of rotatable bonds is 4. The van der Waals surface area contributed by atoms with Gasteiger partial charge in [0.25, 0.3) is 0 Å². The second-order valence-corrected chi connectivity index (χ2v) is 6.13. The molecule has 0 radical (unpaired) electrons. The summed E-state index contributed by atoms with van der Waals surface area (Å²) in [5, 5.41) is 3.28. The summed E-state index contributed by atoms with van der Waals surface area (Å²) in [4.78, 5) is 14.9. The van der Waals surface area contributed by atoms with E-state index in [1.807, 2.05) is 0 Å². The molecule has 19 heavy (non-hydrogen) atoms. The highest BCUT2D eigenvalue weighted by molar-refractivity contribution is 5.79. The molecule has 2 aliphatic rings. The minimum Gasteiger partial charge on any atom is -0.352 e. The van der Waals surface area contributed by atoms with Crippen molar-refractivity contribution >= 4 is 5.91 Å². The average Bonchev–Trinajstić information content (AvgIpc) is 2.47. The molecule has 4 nitrogen and oxygen atoms in total. The van der Waals surface area contributed by atoms with Gasteiger partial charge in [-0.15, -0.1) is 0 Å².